The average Bonchev–Trinajstić information content (AvgIpc) is 3.01. The van der Waals surface area contributed by atoms with Crippen LogP contribution >= 0.6 is 0 Å². The van der Waals surface area contributed by atoms with Crippen LogP contribution < -0.4 is 0 Å². The van der Waals surface area contributed by atoms with Gasteiger partial charge in [0.2, 0.25) is 5.91 Å². The van der Waals surface area contributed by atoms with Gasteiger partial charge in [0.05, 0.1) is 13.0 Å². The van der Waals surface area contributed by atoms with Crippen molar-refractivity contribution in [3.63, 3.8) is 0 Å². The van der Waals surface area contributed by atoms with Crippen molar-refractivity contribution < 1.29 is 14.3 Å². The fourth-order valence-electron chi connectivity index (χ4n) is 3.06. The molecule has 0 bridgehead atoms. The van der Waals surface area contributed by atoms with E-state index < -0.39 is 0 Å². The number of imidazole rings is 1. The Bertz CT molecular complexity index is 519. The average molecular weight is 321 g/mol. The lowest BCUT2D eigenvalue weighted by Crippen LogP contribution is -2.39. The topological polar surface area (TPSA) is 64.4 Å². The minimum Gasteiger partial charge on any atom is -0.466 e. The number of carbonyl (C=O) groups excluding carboxylic acids is 2. The molecule has 0 aromatic carbocycles. The second-order valence-corrected chi connectivity index (χ2v) is 5.98. The Morgan fingerprint density at radius 2 is 2.00 bits per heavy atom. The normalized spacial score (nSPS) is 15.7. The van der Waals surface area contributed by atoms with E-state index in [1.54, 1.807) is 6.92 Å². The summed E-state index contributed by atoms with van der Waals surface area (Å²) >= 11 is 0. The summed E-state index contributed by atoms with van der Waals surface area (Å²) in [4.78, 5) is 29.7. The molecule has 6 nitrogen and oxygen atoms in total. The van der Waals surface area contributed by atoms with Crippen LogP contribution in [0.4, 0.5) is 0 Å². The summed E-state index contributed by atoms with van der Waals surface area (Å²) in [5.74, 6) is 1.48. The highest BCUT2D eigenvalue weighted by Crippen LogP contribution is 2.20. The standard InChI is InChI=1S/C17H27N3O3/c1-3-15-18-9-12-20(15)13-14-7-10-19(11-8-14)16(21)5-6-17(22)23-4-2/h9,12,14H,3-8,10-11,13H2,1-2H3. The highest BCUT2D eigenvalue weighted by Gasteiger charge is 2.23. The molecule has 1 saturated heterocycles. The molecular weight excluding hydrogens is 294 g/mol. The third kappa shape index (κ3) is 5.08. The minimum absolute atomic E-state index is 0.0633. The molecule has 0 radical (unpaired) electrons. The molecule has 1 aliphatic heterocycles. The van der Waals surface area contributed by atoms with E-state index in [1.165, 1.54) is 0 Å². The van der Waals surface area contributed by atoms with Crippen LogP contribution in [0.1, 0.15) is 45.4 Å². The Morgan fingerprint density at radius 3 is 2.65 bits per heavy atom. The van der Waals surface area contributed by atoms with Gasteiger partial charge >= 0.3 is 5.97 Å². The maximum absolute atomic E-state index is 12.1. The van der Waals surface area contributed by atoms with E-state index in [0.29, 0.717) is 12.5 Å². The van der Waals surface area contributed by atoms with E-state index in [9.17, 15) is 9.59 Å². The molecule has 128 valence electrons. The molecule has 23 heavy (non-hydrogen) atoms. The Morgan fingerprint density at radius 1 is 1.26 bits per heavy atom. The van der Waals surface area contributed by atoms with Crippen LogP contribution in [-0.2, 0) is 27.3 Å². The van der Waals surface area contributed by atoms with Gasteiger partial charge in [0, 0.05) is 44.9 Å². The van der Waals surface area contributed by atoms with Gasteiger partial charge in [0.15, 0.2) is 0 Å². The van der Waals surface area contributed by atoms with E-state index in [0.717, 1.165) is 44.7 Å². The van der Waals surface area contributed by atoms with Gasteiger partial charge in [0.25, 0.3) is 0 Å². The Kier molecular flexibility index (Phi) is 6.62. The predicted molar refractivity (Wildman–Crippen MR) is 86.8 cm³/mol. The molecule has 6 heteroatoms. The smallest absolute Gasteiger partial charge is 0.306 e. The fraction of sp³-hybridized carbons (Fsp3) is 0.706. The minimum atomic E-state index is -0.289. The highest BCUT2D eigenvalue weighted by atomic mass is 16.5. The number of likely N-dealkylation sites (tertiary alicyclic amines) is 1. The lowest BCUT2D eigenvalue weighted by atomic mass is 9.96. The first-order valence-electron chi connectivity index (χ1n) is 8.57. The summed E-state index contributed by atoms with van der Waals surface area (Å²) in [6.45, 7) is 6.80. The zero-order chi connectivity index (χ0) is 16.7. The van der Waals surface area contributed by atoms with E-state index in [-0.39, 0.29) is 24.7 Å². The van der Waals surface area contributed by atoms with Gasteiger partial charge in [-0.2, -0.15) is 0 Å². The third-order valence-corrected chi connectivity index (χ3v) is 4.39. The van der Waals surface area contributed by atoms with Crippen molar-refractivity contribution in [2.75, 3.05) is 19.7 Å². The zero-order valence-electron chi connectivity index (χ0n) is 14.2. The summed E-state index contributed by atoms with van der Waals surface area (Å²) in [6, 6.07) is 0. The number of aromatic nitrogens is 2. The number of aryl methyl sites for hydroxylation is 1. The summed E-state index contributed by atoms with van der Waals surface area (Å²) in [5, 5.41) is 0. The van der Waals surface area contributed by atoms with E-state index >= 15 is 0 Å². The molecule has 2 heterocycles. The maximum Gasteiger partial charge on any atom is 0.306 e. The molecule has 0 atom stereocenters. The lowest BCUT2D eigenvalue weighted by Gasteiger charge is -2.32. The number of rotatable bonds is 7. The van der Waals surface area contributed by atoms with Crippen LogP contribution in [0.2, 0.25) is 0 Å². The van der Waals surface area contributed by atoms with Crippen molar-refractivity contribution in [1.82, 2.24) is 14.5 Å². The van der Waals surface area contributed by atoms with Crippen LogP contribution in [-0.4, -0.2) is 46.0 Å². The van der Waals surface area contributed by atoms with Gasteiger partial charge in [-0.3, -0.25) is 9.59 Å². The van der Waals surface area contributed by atoms with Crippen LogP contribution in [0.25, 0.3) is 0 Å². The van der Waals surface area contributed by atoms with Crippen molar-refractivity contribution in [2.45, 2.75) is 52.5 Å². The molecule has 1 amide bonds. The first-order chi connectivity index (χ1) is 11.1. The van der Waals surface area contributed by atoms with Gasteiger partial charge in [-0.25, -0.2) is 4.98 Å². The van der Waals surface area contributed by atoms with Gasteiger partial charge in [-0.05, 0) is 25.7 Å². The van der Waals surface area contributed by atoms with Crippen LogP contribution in [0.3, 0.4) is 0 Å². The summed E-state index contributed by atoms with van der Waals surface area (Å²) in [5.41, 5.74) is 0. The Hall–Kier alpha value is -1.85. The van der Waals surface area contributed by atoms with Crippen molar-refractivity contribution in [1.29, 1.82) is 0 Å². The van der Waals surface area contributed by atoms with Gasteiger partial charge in [-0.15, -0.1) is 0 Å². The van der Waals surface area contributed by atoms with Gasteiger partial charge < -0.3 is 14.2 Å². The number of nitrogens with zero attached hydrogens (tertiary/aromatic N) is 3. The molecule has 2 rings (SSSR count). The summed E-state index contributed by atoms with van der Waals surface area (Å²) in [7, 11) is 0. The number of hydrogen-bond acceptors (Lipinski definition) is 4. The van der Waals surface area contributed by atoms with Crippen molar-refractivity contribution >= 4 is 11.9 Å². The molecule has 1 aliphatic rings. The number of piperidine rings is 1. The predicted octanol–water partition coefficient (Wildman–Crippen LogP) is 2.03. The van der Waals surface area contributed by atoms with Crippen LogP contribution in [0, 0.1) is 5.92 Å². The molecule has 1 fully saturated rings. The van der Waals surface area contributed by atoms with Crippen LogP contribution in [0.5, 0.6) is 0 Å². The molecule has 0 saturated carbocycles. The van der Waals surface area contributed by atoms with Crippen molar-refractivity contribution in [3.05, 3.63) is 18.2 Å². The molecular formula is C17H27N3O3. The van der Waals surface area contributed by atoms with Crippen molar-refractivity contribution in [2.24, 2.45) is 5.92 Å². The first kappa shape index (κ1) is 17.5. The SMILES string of the molecule is CCOC(=O)CCC(=O)N1CCC(Cn2ccnc2CC)CC1. The quantitative estimate of drug-likeness (QED) is 0.721. The maximum atomic E-state index is 12.1. The van der Waals surface area contributed by atoms with E-state index in [2.05, 4.69) is 16.5 Å². The second-order valence-electron chi connectivity index (χ2n) is 5.98. The largest absolute Gasteiger partial charge is 0.466 e. The zero-order valence-corrected chi connectivity index (χ0v) is 14.2. The third-order valence-electron chi connectivity index (χ3n) is 4.39. The Balaban J connectivity index is 1.73. The Labute approximate surface area is 137 Å². The van der Waals surface area contributed by atoms with Crippen LogP contribution in [0.15, 0.2) is 12.4 Å². The molecule has 0 aliphatic carbocycles. The number of hydrogen-bond donors (Lipinski definition) is 0. The monoisotopic (exact) mass is 321 g/mol. The molecule has 0 unspecified atom stereocenters. The fourth-order valence-corrected chi connectivity index (χ4v) is 3.06. The van der Waals surface area contributed by atoms with E-state index in [1.807, 2.05) is 17.3 Å². The van der Waals surface area contributed by atoms with E-state index in [4.69, 9.17) is 4.74 Å². The second kappa shape index (κ2) is 8.70. The highest BCUT2D eigenvalue weighted by molar-refractivity contribution is 5.81. The van der Waals surface area contributed by atoms with Gasteiger partial charge in [0.1, 0.15) is 5.82 Å². The number of carbonyl (C=O) groups is 2. The molecule has 1 aromatic heterocycles. The van der Waals surface area contributed by atoms with Crippen molar-refractivity contribution in [3.8, 4) is 0 Å². The van der Waals surface area contributed by atoms with Gasteiger partial charge in [-0.1, -0.05) is 6.92 Å². The summed E-state index contributed by atoms with van der Waals surface area (Å²) in [6.07, 6.45) is 7.28. The number of ether oxygens (including phenoxy) is 1. The lowest BCUT2D eigenvalue weighted by molar-refractivity contribution is -0.146. The number of esters is 1. The summed E-state index contributed by atoms with van der Waals surface area (Å²) < 4.78 is 7.08. The number of amides is 1. The molecule has 0 N–H and O–H groups in total. The first-order valence-corrected chi connectivity index (χ1v) is 8.57. The molecule has 1 aromatic rings. The molecule has 0 spiro atoms.